The van der Waals surface area contributed by atoms with Crippen LogP contribution < -0.4 is 5.73 Å². The summed E-state index contributed by atoms with van der Waals surface area (Å²) in [5, 5.41) is 9.03. The third-order valence-electron chi connectivity index (χ3n) is 3.82. The van der Waals surface area contributed by atoms with Crippen LogP contribution in [0, 0.1) is 5.92 Å². The number of carbonyl (C=O) groups is 1. The molecule has 0 saturated heterocycles. The highest BCUT2D eigenvalue weighted by molar-refractivity contribution is 5.68. The number of aliphatic carboxylic acids is 1. The van der Waals surface area contributed by atoms with Crippen LogP contribution in [0.2, 0.25) is 0 Å². The monoisotopic (exact) mass is 303 g/mol. The molecule has 0 spiro atoms. The first kappa shape index (κ1) is 17.5. The standard InChI is InChI=1S/C15H20F3NO2/c1-3-9(2)13(7-14(20)21)12-5-4-11(15(16,17)18)6-10(12)8-19/h4-6,9,13H,3,7-8,19H2,1-2H3,(H,20,21). The van der Waals surface area contributed by atoms with E-state index in [-0.39, 0.29) is 24.8 Å². The van der Waals surface area contributed by atoms with Gasteiger partial charge in [0.2, 0.25) is 0 Å². The molecule has 118 valence electrons. The summed E-state index contributed by atoms with van der Waals surface area (Å²) in [5.74, 6) is -1.26. The first-order chi connectivity index (χ1) is 9.70. The van der Waals surface area contributed by atoms with Crippen molar-refractivity contribution in [2.24, 2.45) is 11.7 Å². The lowest BCUT2D eigenvalue weighted by atomic mass is 9.80. The minimum Gasteiger partial charge on any atom is -0.481 e. The van der Waals surface area contributed by atoms with E-state index in [4.69, 9.17) is 10.8 Å². The Morgan fingerprint density at radius 2 is 2.00 bits per heavy atom. The molecule has 0 radical (unpaired) electrons. The Hall–Kier alpha value is -1.56. The lowest BCUT2D eigenvalue weighted by Gasteiger charge is -2.25. The van der Waals surface area contributed by atoms with E-state index >= 15 is 0 Å². The van der Waals surface area contributed by atoms with Gasteiger partial charge in [-0.05, 0) is 35.1 Å². The number of rotatable bonds is 6. The van der Waals surface area contributed by atoms with Gasteiger partial charge in [0, 0.05) is 6.54 Å². The molecule has 6 heteroatoms. The number of carboxylic acids is 1. The van der Waals surface area contributed by atoms with E-state index in [9.17, 15) is 18.0 Å². The van der Waals surface area contributed by atoms with Gasteiger partial charge in [-0.3, -0.25) is 4.79 Å². The molecule has 0 aromatic heterocycles. The second-order valence-electron chi connectivity index (χ2n) is 5.21. The molecule has 1 aromatic carbocycles. The molecule has 3 nitrogen and oxygen atoms in total. The normalized spacial score (nSPS) is 14.8. The molecular formula is C15H20F3NO2. The van der Waals surface area contributed by atoms with Crippen LogP contribution in [0.25, 0.3) is 0 Å². The lowest BCUT2D eigenvalue weighted by Crippen LogP contribution is -2.18. The van der Waals surface area contributed by atoms with E-state index in [0.717, 1.165) is 18.6 Å². The number of hydrogen-bond acceptors (Lipinski definition) is 2. The van der Waals surface area contributed by atoms with Crippen LogP contribution in [-0.2, 0) is 17.5 Å². The molecule has 2 unspecified atom stereocenters. The van der Waals surface area contributed by atoms with Crippen LogP contribution in [0.5, 0.6) is 0 Å². The van der Waals surface area contributed by atoms with Crippen LogP contribution in [0.4, 0.5) is 13.2 Å². The number of nitrogens with two attached hydrogens (primary N) is 1. The largest absolute Gasteiger partial charge is 0.481 e. The summed E-state index contributed by atoms with van der Waals surface area (Å²) in [6, 6.07) is 3.38. The zero-order chi connectivity index (χ0) is 16.2. The zero-order valence-electron chi connectivity index (χ0n) is 12.1. The average Bonchev–Trinajstić information content (AvgIpc) is 2.42. The van der Waals surface area contributed by atoms with Gasteiger partial charge in [0.15, 0.2) is 0 Å². The van der Waals surface area contributed by atoms with E-state index in [1.54, 1.807) is 0 Å². The Kier molecular flexibility index (Phi) is 5.78. The number of carboxylic acid groups (broad SMARTS) is 1. The van der Waals surface area contributed by atoms with Gasteiger partial charge in [-0.15, -0.1) is 0 Å². The highest BCUT2D eigenvalue weighted by Gasteiger charge is 2.32. The molecule has 0 aliphatic carbocycles. The number of benzene rings is 1. The molecule has 0 aliphatic heterocycles. The molecule has 3 N–H and O–H groups in total. The second-order valence-corrected chi connectivity index (χ2v) is 5.21. The first-order valence-corrected chi connectivity index (χ1v) is 6.82. The lowest BCUT2D eigenvalue weighted by molar-refractivity contribution is -0.138. The molecule has 0 fully saturated rings. The number of alkyl halides is 3. The first-order valence-electron chi connectivity index (χ1n) is 6.82. The van der Waals surface area contributed by atoms with Gasteiger partial charge in [-0.1, -0.05) is 26.3 Å². The Balaban J connectivity index is 3.28. The molecule has 21 heavy (non-hydrogen) atoms. The van der Waals surface area contributed by atoms with Crippen molar-refractivity contribution in [3.63, 3.8) is 0 Å². The van der Waals surface area contributed by atoms with Crippen LogP contribution in [0.1, 0.15) is 49.3 Å². The summed E-state index contributed by atoms with van der Waals surface area (Å²) >= 11 is 0. The third-order valence-corrected chi connectivity index (χ3v) is 3.82. The fraction of sp³-hybridized carbons (Fsp3) is 0.533. The van der Waals surface area contributed by atoms with Crippen LogP contribution in [0.3, 0.4) is 0 Å². The third kappa shape index (κ3) is 4.46. The summed E-state index contributed by atoms with van der Waals surface area (Å²) in [4.78, 5) is 11.0. The van der Waals surface area contributed by atoms with Crippen LogP contribution in [0.15, 0.2) is 18.2 Å². The summed E-state index contributed by atoms with van der Waals surface area (Å²) in [5.41, 5.74) is 5.76. The van der Waals surface area contributed by atoms with Crippen molar-refractivity contribution in [3.05, 3.63) is 34.9 Å². The van der Waals surface area contributed by atoms with Crippen LogP contribution in [-0.4, -0.2) is 11.1 Å². The molecular weight excluding hydrogens is 283 g/mol. The van der Waals surface area contributed by atoms with E-state index in [0.29, 0.717) is 11.1 Å². The van der Waals surface area contributed by atoms with Crippen molar-refractivity contribution in [2.45, 2.75) is 45.3 Å². The maximum Gasteiger partial charge on any atom is 0.416 e. The topological polar surface area (TPSA) is 63.3 Å². The van der Waals surface area contributed by atoms with Gasteiger partial charge in [0.25, 0.3) is 0 Å². The van der Waals surface area contributed by atoms with Gasteiger partial charge < -0.3 is 10.8 Å². The van der Waals surface area contributed by atoms with E-state index < -0.39 is 17.7 Å². The smallest absolute Gasteiger partial charge is 0.416 e. The maximum absolute atomic E-state index is 12.7. The molecule has 0 saturated carbocycles. The van der Waals surface area contributed by atoms with Crippen molar-refractivity contribution < 1.29 is 23.1 Å². The fourth-order valence-electron chi connectivity index (χ4n) is 2.41. The van der Waals surface area contributed by atoms with Gasteiger partial charge in [-0.25, -0.2) is 0 Å². The maximum atomic E-state index is 12.7. The average molecular weight is 303 g/mol. The van der Waals surface area contributed by atoms with Crippen molar-refractivity contribution in [1.82, 2.24) is 0 Å². The number of hydrogen-bond donors (Lipinski definition) is 2. The van der Waals surface area contributed by atoms with E-state index in [1.165, 1.54) is 6.07 Å². The molecule has 0 aliphatic rings. The van der Waals surface area contributed by atoms with Crippen molar-refractivity contribution in [1.29, 1.82) is 0 Å². The molecule has 0 bridgehead atoms. The predicted molar refractivity (Wildman–Crippen MR) is 73.8 cm³/mol. The Morgan fingerprint density at radius 3 is 2.43 bits per heavy atom. The minimum atomic E-state index is -4.43. The van der Waals surface area contributed by atoms with Crippen molar-refractivity contribution in [2.75, 3.05) is 0 Å². The van der Waals surface area contributed by atoms with Gasteiger partial charge in [0.1, 0.15) is 0 Å². The molecule has 1 aromatic rings. The highest BCUT2D eigenvalue weighted by Crippen LogP contribution is 2.36. The summed E-state index contributed by atoms with van der Waals surface area (Å²) in [6.07, 6.45) is -3.81. The molecule has 0 heterocycles. The summed E-state index contributed by atoms with van der Waals surface area (Å²) < 4.78 is 38.2. The zero-order valence-corrected chi connectivity index (χ0v) is 12.1. The Bertz CT molecular complexity index is 500. The minimum absolute atomic E-state index is 0.0446. The molecule has 0 amide bonds. The van der Waals surface area contributed by atoms with E-state index in [1.807, 2.05) is 13.8 Å². The number of halogens is 3. The summed E-state index contributed by atoms with van der Waals surface area (Å²) in [6.45, 7) is 3.77. The van der Waals surface area contributed by atoms with Crippen molar-refractivity contribution >= 4 is 5.97 Å². The van der Waals surface area contributed by atoms with Gasteiger partial charge in [-0.2, -0.15) is 13.2 Å². The predicted octanol–water partition coefficient (Wildman–Crippen LogP) is 3.77. The van der Waals surface area contributed by atoms with Crippen LogP contribution >= 0.6 is 0 Å². The fourth-order valence-corrected chi connectivity index (χ4v) is 2.41. The Morgan fingerprint density at radius 1 is 1.38 bits per heavy atom. The second kappa shape index (κ2) is 6.93. The van der Waals surface area contributed by atoms with Crippen molar-refractivity contribution in [3.8, 4) is 0 Å². The molecule has 1 rings (SSSR count). The van der Waals surface area contributed by atoms with E-state index in [2.05, 4.69) is 0 Å². The van der Waals surface area contributed by atoms with Gasteiger partial charge in [0.05, 0.1) is 12.0 Å². The highest BCUT2D eigenvalue weighted by atomic mass is 19.4. The Labute approximate surface area is 122 Å². The summed E-state index contributed by atoms with van der Waals surface area (Å²) in [7, 11) is 0. The molecule has 2 atom stereocenters. The van der Waals surface area contributed by atoms with Gasteiger partial charge >= 0.3 is 12.1 Å². The SMILES string of the molecule is CCC(C)C(CC(=O)O)c1ccc(C(F)(F)F)cc1CN. The quantitative estimate of drug-likeness (QED) is 0.841.